The molecule has 1 saturated carbocycles. The first kappa shape index (κ1) is 17.9. The molecule has 0 aromatic heterocycles. The quantitative estimate of drug-likeness (QED) is 0.471. The Morgan fingerprint density at radius 2 is 1.96 bits per heavy atom. The van der Waals surface area contributed by atoms with E-state index >= 15 is 0 Å². The van der Waals surface area contributed by atoms with Crippen molar-refractivity contribution in [2.45, 2.75) is 13.0 Å². The molecular weight excluding hydrogens is 336 g/mol. The standard InChI is InChI=1S/C18H17N4O4/c1-2-26-17(23)14-15(11-5-3-4-6-11)20-18(19)21-16(14)12-7-9-13(10-8-12)22(24)25/h3-10,15H,2H2,1H3,(H3,19,20,21). The molecule has 3 rings (SSSR count). The molecule has 2 aliphatic rings. The number of nitro benzene ring substituents is 1. The fraction of sp³-hybridized carbons (Fsp3) is 0.167. The van der Waals surface area contributed by atoms with E-state index in [4.69, 9.17) is 10.5 Å². The lowest BCUT2D eigenvalue weighted by Crippen LogP contribution is -2.41. The van der Waals surface area contributed by atoms with Gasteiger partial charge in [-0.25, -0.2) is 9.79 Å². The van der Waals surface area contributed by atoms with Crippen LogP contribution < -0.4 is 11.1 Å². The van der Waals surface area contributed by atoms with Crippen molar-refractivity contribution in [3.8, 4) is 0 Å². The van der Waals surface area contributed by atoms with Crippen LogP contribution in [0.2, 0.25) is 0 Å². The number of non-ortho nitro benzene ring substituents is 1. The molecule has 1 aliphatic carbocycles. The van der Waals surface area contributed by atoms with Crippen LogP contribution >= 0.6 is 0 Å². The van der Waals surface area contributed by atoms with Crippen molar-refractivity contribution in [3.05, 3.63) is 77.1 Å². The van der Waals surface area contributed by atoms with Crippen LogP contribution in [-0.4, -0.2) is 29.5 Å². The second kappa shape index (κ2) is 7.55. The lowest BCUT2D eigenvalue weighted by Gasteiger charge is -2.28. The minimum absolute atomic E-state index is 0.0444. The summed E-state index contributed by atoms with van der Waals surface area (Å²) < 4.78 is 5.20. The third kappa shape index (κ3) is 3.54. The number of guanidine groups is 1. The Bertz CT molecular complexity index is 764. The molecule has 8 nitrogen and oxygen atoms in total. The molecule has 26 heavy (non-hydrogen) atoms. The first-order valence-corrected chi connectivity index (χ1v) is 7.99. The number of carbonyl (C=O) groups excluding carboxylic acids is 1. The van der Waals surface area contributed by atoms with Gasteiger partial charge in [-0.05, 0) is 50.3 Å². The third-order valence-corrected chi connectivity index (χ3v) is 3.93. The molecule has 0 saturated heterocycles. The summed E-state index contributed by atoms with van der Waals surface area (Å²) in [4.78, 5) is 27.4. The number of esters is 1. The van der Waals surface area contributed by atoms with Crippen molar-refractivity contribution in [3.63, 3.8) is 0 Å². The predicted octanol–water partition coefficient (Wildman–Crippen LogP) is 1.56. The number of aliphatic imine (C=N–C) groups is 1. The molecule has 1 heterocycles. The second-order valence-corrected chi connectivity index (χ2v) is 5.57. The summed E-state index contributed by atoms with van der Waals surface area (Å²) in [7, 11) is 0. The van der Waals surface area contributed by atoms with Gasteiger partial charge in [-0.15, -0.1) is 0 Å². The van der Waals surface area contributed by atoms with Crippen LogP contribution in [0.15, 0.2) is 34.8 Å². The van der Waals surface area contributed by atoms with Crippen LogP contribution in [0.5, 0.6) is 0 Å². The summed E-state index contributed by atoms with van der Waals surface area (Å²) in [5.41, 5.74) is 7.18. The molecular formula is C18H17N4O4. The van der Waals surface area contributed by atoms with E-state index in [1.54, 1.807) is 19.1 Å². The zero-order valence-electron chi connectivity index (χ0n) is 14.0. The number of hydrogen-bond acceptors (Lipinski definition) is 7. The lowest BCUT2D eigenvalue weighted by atomic mass is 9.88. The SMILES string of the molecule is CCOC(=O)C1=C(c2ccc([N+](=O)[O-])cc2)NC(N)=NC1[C]1[CH][CH][CH][CH]1. The summed E-state index contributed by atoms with van der Waals surface area (Å²) in [5, 5.41) is 13.8. The van der Waals surface area contributed by atoms with Crippen molar-refractivity contribution in [2.24, 2.45) is 10.7 Å². The zero-order valence-corrected chi connectivity index (χ0v) is 14.0. The number of rotatable bonds is 5. The van der Waals surface area contributed by atoms with E-state index in [0.29, 0.717) is 16.8 Å². The maximum Gasteiger partial charge on any atom is 0.338 e. The molecule has 1 atom stereocenters. The van der Waals surface area contributed by atoms with Crippen LogP contribution in [-0.2, 0) is 9.53 Å². The van der Waals surface area contributed by atoms with Gasteiger partial charge < -0.3 is 15.8 Å². The van der Waals surface area contributed by atoms with Gasteiger partial charge in [0.25, 0.3) is 5.69 Å². The zero-order chi connectivity index (χ0) is 18.7. The molecule has 1 fully saturated rings. The molecule has 3 N–H and O–H groups in total. The van der Waals surface area contributed by atoms with Crippen molar-refractivity contribution >= 4 is 23.3 Å². The van der Waals surface area contributed by atoms with Gasteiger partial charge in [0.1, 0.15) is 0 Å². The largest absolute Gasteiger partial charge is 0.463 e. The number of benzene rings is 1. The number of nitrogens with zero attached hydrogens (tertiary/aromatic N) is 2. The van der Waals surface area contributed by atoms with Crippen molar-refractivity contribution in [1.82, 2.24) is 5.32 Å². The molecule has 1 aromatic rings. The minimum atomic E-state index is -0.615. The van der Waals surface area contributed by atoms with Crippen LogP contribution in [0.1, 0.15) is 12.5 Å². The molecule has 1 unspecified atom stereocenters. The monoisotopic (exact) mass is 353 g/mol. The van der Waals surface area contributed by atoms with Gasteiger partial charge in [-0.1, -0.05) is 0 Å². The van der Waals surface area contributed by atoms with Crippen molar-refractivity contribution < 1.29 is 14.5 Å². The van der Waals surface area contributed by atoms with Gasteiger partial charge >= 0.3 is 5.97 Å². The van der Waals surface area contributed by atoms with Crippen LogP contribution in [0.3, 0.4) is 0 Å². The van der Waals surface area contributed by atoms with Gasteiger partial charge in [0.15, 0.2) is 5.96 Å². The molecule has 0 bridgehead atoms. The molecule has 133 valence electrons. The van der Waals surface area contributed by atoms with E-state index in [2.05, 4.69) is 10.3 Å². The first-order chi connectivity index (χ1) is 12.5. The van der Waals surface area contributed by atoms with E-state index in [9.17, 15) is 14.9 Å². The fourth-order valence-corrected chi connectivity index (χ4v) is 2.78. The van der Waals surface area contributed by atoms with Crippen LogP contribution in [0.4, 0.5) is 5.69 Å². The van der Waals surface area contributed by atoms with Gasteiger partial charge in [-0.2, -0.15) is 0 Å². The fourth-order valence-electron chi connectivity index (χ4n) is 2.78. The molecule has 8 heteroatoms. The molecule has 1 aliphatic heterocycles. The number of nitrogens with one attached hydrogen (secondary N) is 1. The predicted molar refractivity (Wildman–Crippen MR) is 95.6 cm³/mol. The first-order valence-electron chi connectivity index (χ1n) is 7.99. The molecule has 5 radical (unpaired) electrons. The maximum atomic E-state index is 12.6. The number of ether oxygens (including phenoxy) is 1. The molecule has 0 amide bonds. The van der Waals surface area contributed by atoms with Gasteiger partial charge in [0, 0.05) is 18.1 Å². The average Bonchev–Trinajstić information content (AvgIpc) is 3.15. The third-order valence-electron chi connectivity index (χ3n) is 3.93. The number of carbonyl (C=O) groups is 1. The Morgan fingerprint density at radius 3 is 2.54 bits per heavy atom. The lowest BCUT2D eigenvalue weighted by molar-refractivity contribution is -0.384. The summed E-state index contributed by atoms with van der Waals surface area (Å²) >= 11 is 0. The average molecular weight is 353 g/mol. The number of nitro groups is 1. The van der Waals surface area contributed by atoms with Crippen molar-refractivity contribution in [1.29, 1.82) is 0 Å². The Morgan fingerprint density at radius 1 is 1.31 bits per heavy atom. The van der Waals surface area contributed by atoms with Gasteiger partial charge in [0.05, 0.1) is 28.8 Å². The Hall–Kier alpha value is -2.90. The van der Waals surface area contributed by atoms with Gasteiger partial charge in [0.2, 0.25) is 0 Å². The number of nitrogens with two attached hydrogens (primary N) is 1. The van der Waals surface area contributed by atoms with E-state index < -0.39 is 16.9 Å². The Balaban J connectivity index is 2.06. The topological polar surface area (TPSA) is 120 Å². The summed E-state index contributed by atoms with van der Waals surface area (Å²) in [6.45, 7) is 1.93. The van der Waals surface area contributed by atoms with E-state index in [1.165, 1.54) is 12.1 Å². The smallest absolute Gasteiger partial charge is 0.338 e. The highest BCUT2D eigenvalue weighted by molar-refractivity contribution is 6.05. The van der Waals surface area contributed by atoms with Crippen LogP contribution in [0, 0.1) is 41.7 Å². The summed E-state index contributed by atoms with van der Waals surface area (Å²) in [6.07, 6.45) is 7.38. The summed E-state index contributed by atoms with van der Waals surface area (Å²) in [6, 6.07) is 5.23. The highest BCUT2D eigenvalue weighted by atomic mass is 16.6. The second-order valence-electron chi connectivity index (χ2n) is 5.57. The molecule has 0 spiro atoms. The minimum Gasteiger partial charge on any atom is -0.463 e. The van der Waals surface area contributed by atoms with Gasteiger partial charge in [-0.3, -0.25) is 10.1 Å². The Labute approximate surface area is 151 Å². The van der Waals surface area contributed by atoms with Crippen LogP contribution in [0.25, 0.3) is 5.70 Å². The van der Waals surface area contributed by atoms with E-state index in [0.717, 1.165) is 5.92 Å². The summed E-state index contributed by atoms with van der Waals surface area (Å²) in [5.74, 6) is 0.435. The maximum absolute atomic E-state index is 12.6. The Kier molecular flexibility index (Phi) is 5.20. The van der Waals surface area contributed by atoms with E-state index in [-0.39, 0.29) is 18.3 Å². The van der Waals surface area contributed by atoms with E-state index in [1.807, 2.05) is 25.7 Å². The number of hydrogen-bond donors (Lipinski definition) is 2. The van der Waals surface area contributed by atoms with Crippen molar-refractivity contribution in [2.75, 3.05) is 6.61 Å². The highest BCUT2D eigenvalue weighted by Gasteiger charge is 2.38. The highest BCUT2D eigenvalue weighted by Crippen LogP contribution is 2.36. The normalized spacial score (nSPS) is 20.5. The molecule has 1 aromatic carbocycles.